The molecule has 24 heavy (non-hydrogen) atoms. The van der Waals surface area contributed by atoms with Crippen molar-refractivity contribution >= 4 is 5.97 Å². The van der Waals surface area contributed by atoms with Gasteiger partial charge in [-0.1, -0.05) is 72.0 Å². The molecule has 0 rings (SSSR count). The summed E-state index contributed by atoms with van der Waals surface area (Å²) in [5.74, 6) is -0.558. The number of aliphatic hydroxyl groups excluding tert-OH is 1. The molecule has 4 nitrogen and oxygen atoms in total. The van der Waals surface area contributed by atoms with Crippen molar-refractivity contribution in [2.75, 3.05) is 0 Å². The van der Waals surface area contributed by atoms with Crippen molar-refractivity contribution in [2.45, 2.75) is 97.2 Å². The van der Waals surface area contributed by atoms with Gasteiger partial charge >= 0.3 is 5.97 Å². The first-order chi connectivity index (χ1) is 11.3. The van der Waals surface area contributed by atoms with Gasteiger partial charge in [0.15, 0.2) is 0 Å². The summed E-state index contributed by atoms with van der Waals surface area (Å²) in [6.07, 6.45) is 10.2. The molecule has 0 amide bonds. The molecular formula is C20H38O4. The summed E-state index contributed by atoms with van der Waals surface area (Å²) in [5.41, 5.74) is -0.969. The van der Waals surface area contributed by atoms with E-state index < -0.39 is 17.7 Å². The molecule has 0 radical (unpaired) electrons. The minimum absolute atomic E-state index is 0.210. The number of carboxylic acid groups (broad SMARTS) is 1. The first-order valence-corrected chi connectivity index (χ1v) is 9.61. The molecule has 0 saturated heterocycles. The maximum Gasteiger partial charge on any atom is 0.305 e. The monoisotopic (exact) mass is 342 g/mol. The normalized spacial score (nSPS) is 18.2. The number of hydrogen-bond acceptors (Lipinski definition) is 3. The number of unbranched alkanes of at least 4 members (excludes halogenated alkanes) is 1. The number of aliphatic hydroxyl groups is 2. The van der Waals surface area contributed by atoms with Gasteiger partial charge in [0.1, 0.15) is 0 Å². The van der Waals surface area contributed by atoms with E-state index in [-0.39, 0.29) is 12.3 Å². The Morgan fingerprint density at radius 2 is 1.83 bits per heavy atom. The smallest absolute Gasteiger partial charge is 0.305 e. The molecular weight excluding hydrogens is 304 g/mol. The summed E-state index contributed by atoms with van der Waals surface area (Å²) in [4.78, 5) is 10.8. The van der Waals surface area contributed by atoms with Crippen LogP contribution >= 0.6 is 0 Å². The maximum atomic E-state index is 10.8. The van der Waals surface area contributed by atoms with Gasteiger partial charge in [-0.2, -0.15) is 0 Å². The quantitative estimate of drug-likeness (QED) is 0.405. The molecule has 1 unspecified atom stereocenters. The molecule has 0 aromatic carbocycles. The average Bonchev–Trinajstić information content (AvgIpc) is 2.55. The fourth-order valence-corrected chi connectivity index (χ4v) is 3.14. The minimum Gasteiger partial charge on any atom is -0.481 e. The highest BCUT2D eigenvalue weighted by atomic mass is 16.4. The van der Waals surface area contributed by atoms with E-state index in [4.69, 9.17) is 5.11 Å². The number of aliphatic carboxylic acids is 1. The van der Waals surface area contributed by atoms with E-state index in [1.54, 1.807) is 0 Å². The van der Waals surface area contributed by atoms with Gasteiger partial charge in [-0.25, -0.2) is 0 Å². The van der Waals surface area contributed by atoms with Crippen molar-refractivity contribution in [2.24, 2.45) is 11.8 Å². The second kappa shape index (κ2) is 12.5. The van der Waals surface area contributed by atoms with Gasteiger partial charge in [-0.05, 0) is 31.1 Å². The first kappa shape index (κ1) is 23.1. The molecule has 142 valence electrons. The highest BCUT2D eigenvalue weighted by Crippen LogP contribution is 2.28. The topological polar surface area (TPSA) is 77.8 Å². The molecule has 0 aromatic heterocycles. The summed E-state index contributed by atoms with van der Waals surface area (Å²) in [6, 6.07) is 0. The van der Waals surface area contributed by atoms with Gasteiger partial charge < -0.3 is 15.3 Å². The summed E-state index contributed by atoms with van der Waals surface area (Å²) in [7, 11) is 0. The van der Waals surface area contributed by atoms with E-state index in [0.717, 1.165) is 12.8 Å². The molecule has 0 saturated carbocycles. The number of rotatable bonds is 14. The molecule has 0 fully saturated rings. The average molecular weight is 343 g/mol. The largest absolute Gasteiger partial charge is 0.481 e. The van der Waals surface area contributed by atoms with E-state index in [1.807, 2.05) is 19.9 Å². The summed E-state index contributed by atoms with van der Waals surface area (Å²) >= 11 is 0. The van der Waals surface area contributed by atoms with Crippen LogP contribution in [0, 0.1) is 11.8 Å². The molecule has 0 heterocycles. The van der Waals surface area contributed by atoms with Crippen molar-refractivity contribution in [3.63, 3.8) is 0 Å². The van der Waals surface area contributed by atoms with E-state index in [1.165, 1.54) is 19.3 Å². The Labute approximate surface area is 148 Å². The van der Waals surface area contributed by atoms with Crippen molar-refractivity contribution < 1.29 is 20.1 Å². The van der Waals surface area contributed by atoms with Crippen LogP contribution in [0.15, 0.2) is 12.2 Å². The Bertz CT molecular complexity index is 367. The second-order valence-corrected chi connectivity index (χ2v) is 7.05. The number of carbonyl (C=O) groups is 1. The Morgan fingerprint density at radius 3 is 2.29 bits per heavy atom. The zero-order valence-corrected chi connectivity index (χ0v) is 16.0. The Hall–Kier alpha value is -0.870. The Kier molecular flexibility index (Phi) is 12.0. The molecule has 4 heteroatoms. The zero-order chi connectivity index (χ0) is 18.6. The number of allylic oxidation sites excluding steroid dienone is 1. The SMILES string of the molecule is CCCCC(CC)C/C=C/[C@@](O)(CC)C[C@@H](CC)[C@H](O)CC(=O)O. The molecule has 0 aliphatic heterocycles. The Balaban J connectivity index is 4.73. The van der Waals surface area contributed by atoms with Crippen LogP contribution in [0.25, 0.3) is 0 Å². The zero-order valence-electron chi connectivity index (χ0n) is 16.0. The molecule has 3 N–H and O–H groups in total. The van der Waals surface area contributed by atoms with Crippen LogP contribution in [0.4, 0.5) is 0 Å². The summed E-state index contributed by atoms with van der Waals surface area (Å²) in [5, 5.41) is 29.7. The third kappa shape index (κ3) is 9.43. The first-order valence-electron chi connectivity index (χ1n) is 9.61. The predicted molar refractivity (Wildman–Crippen MR) is 99.0 cm³/mol. The Morgan fingerprint density at radius 1 is 1.17 bits per heavy atom. The molecule has 0 spiro atoms. The lowest BCUT2D eigenvalue weighted by atomic mass is 9.82. The fraction of sp³-hybridized carbons (Fsp3) is 0.850. The van der Waals surface area contributed by atoms with Gasteiger partial charge in [-0.15, -0.1) is 0 Å². The van der Waals surface area contributed by atoms with Gasteiger partial charge in [0.25, 0.3) is 0 Å². The van der Waals surface area contributed by atoms with E-state index >= 15 is 0 Å². The van der Waals surface area contributed by atoms with E-state index in [9.17, 15) is 15.0 Å². The maximum absolute atomic E-state index is 10.8. The van der Waals surface area contributed by atoms with E-state index in [0.29, 0.717) is 25.2 Å². The highest BCUT2D eigenvalue weighted by molar-refractivity contribution is 5.67. The van der Waals surface area contributed by atoms with Crippen LogP contribution in [0.1, 0.15) is 85.5 Å². The fourth-order valence-electron chi connectivity index (χ4n) is 3.14. The molecule has 0 aliphatic carbocycles. The van der Waals surface area contributed by atoms with Crippen LogP contribution in [0.2, 0.25) is 0 Å². The van der Waals surface area contributed by atoms with Gasteiger partial charge in [0, 0.05) is 0 Å². The molecule has 0 aliphatic rings. The summed E-state index contributed by atoms with van der Waals surface area (Å²) < 4.78 is 0. The van der Waals surface area contributed by atoms with Gasteiger partial charge in [0.05, 0.1) is 18.1 Å². The second-order valence-electron chi connectivity index (χ2n) is 7.05. The van der Waals surface area contributed by atoms with Crippen LogP contribution < -0.4 is 0 Å². The third-order valence-corrected chi connectivity index (χ3v) is 5.12. The van der Waals surface area contributed by atoms with Crippen LogP contribution in [0.5, 0.6) is 0 Å². The van der Waals surface area contributed by atoms with E-state index in [2.05, 4.69) is 19.9 Å². The summed E-state index contributed by atoms with van der Waals surface area (Å²) in [6.45, 7) is 8.25. The van der Waals surface area contributed by atoms with Crippen molar-refractivity contribution in [1.82, 2.24) is 0 Å². The standard InChI is InChI=1S/C20H38O4/c1-5-9-11-16(6-2)12-10-13-20(24,8-4)15-17(7-3)18(21)14-19(22)23/h10,13,16-18,21,24H,5-9,11-12,14-15H2,1-4H3,(H,22,23)/b13-10+/t16?,17-,18-,20+/m1/s1. The van der Waals surface area contributed by atoms with Crippen LogP contribution in [-0.2, 0) is 4.79 Å². The van der Waals surface area contributed by atoms with Gasteiger partial charge in [0.2, 0.25) is 0 Å². The van der Waals surface area contributed by atoms with Crippen LogP contribution in [-0.4, -0.2) is 33.0 Å². The predicted octanol–water partition coefficient (Wildman–Crippen LogP) is 4.54. The molecule has 4 atom stereocenters. The van der Waals surface area contributed by atoms with Crippen molar-refractivity contribution in [3.8, 4) is 0 Å². The molecule has 0 aromatic rings. The highest BCUT2D eigenvalue weighted by Gasteiger charge is 2.30. The van der Waals surface area contributed by atoms with Gasteiger partial charge in [-0.3, -0.25) is 4.79 Å². The van der Waals surface area contributed by atoms with Crippen LogP contribution in [0.3, 0.4) is 0 Å². The number of hydrogen-bond donors (Lipinski definition) is 3. The lowest BCUT2D eigenvalue weighted by Crippen LogP contribution is -2.34. The number of carboxylic acids is 1. The lowest BCUT2D eigenvalue weighted by molar-refractivity contribution is -0.140. The third-order valence-electron chi connectivity index (χ3n) is 5.12. The lowest BCUT2D eigenvalue weighted by Gasteiger charge is -2.30. The molecule has 0 bridgehead atoms. The van der Waals surface area contributed by atoms with Crippen molar-refractivity contribution in [3.05, 3.63) is 12.2 Å². The minimum atomic E-state index is -1.00. The van der Waals surface area contributed by atoms with Crippen molar-refractivity contribution in [1.29, 1.82) is 0 Å².